The first-order chi connectivity index (χ1) is 48.6. The minimum atomic E-state index is -3.61. The van der Waals surface area contributed by atoms with Crippen molar-refractivity contribution in [2.45, 2.75) is 223 Å². The number of hydrogen-bond acceptors (Lipinski definition) is 31. The van der Waals surface area contributed by atoms with Crippen LogP contribution in [-0.4, -0.2) is 286 Å². The number of carbonyl (C=O) groups excluding carboxylic acids is 1. The first-order valence-electron chi connectivity index (χ1n) is 35.6. The quantitative estimate of drug-likeness (QED) is 0.0294. The Hall–Kier alpha value is 0.870. The van der Waals surface area contributed by atoms with Gasteiger partial charge >= 0.3 is 26.9 Å². The molecule has 0 aromatic heterocycles. The van der Waals surface area contributed by atoms with E-state index in [0.717, 1.165) is 44.9 Å². The number of amides is 1. The number of rotatable bonds is 63. The third-order valence-corrected chi connectivity index (χ3v) is 23.8. The Bertz CT molecular complexity index is 2300. The van der Waals surface area contributed by atoms with Crippen LogP contribution in [0.2, 0.25) is 0 Å². The number of nitrogens with one attached hydrogen (secondary N) is 1. The van der Waals surface area contributed by atoms with Crippen LogP contribution >= 0.6 is 26.9 Å². The second kappa shape index (κ2) is 54.5. The van der Waals surface area contributed by atoms with E-state index >= 15 is 0 Å². The maximum absolute atomic E-state index is 11.7. The highest BCUT2D eigenvalue weighted by atomic mass is 32.5. The molecule has 3 aliphatic heterocycles. The number of hydrogen-bond donors (Lipinski definition) is 13. The predicted molar refractivity (Wildman–Crippen MR) is 388 cm³/mol. The van der Waals surface area contributed by atoms with Crippen molar-refractivity contribution in [2.75, 3.05) is 146 Å². The highest BCUT2D eigenvalue weighted by Crippen LogP contribution is 2.46. The standard InChI is InChI=1S/C62H123NO31P4S4/c1-46-50(39-64)92-59(47(2)54(46)68)82-29-15-7-11-19-33-86-96(74,100)89-36-22-26-79-43-62(42-78-25-14-6-10-18-32-85-95(73,99)77-5,44-80-27-23-37-90-97(75,101)87-34-20-12-8-16-30-83-60-48(3)55(69)56(70)51(40-65)93-60)45-81-28-24-38-91-98(76,102)88-35-21-13-9-17-31-84-61-53(63-49(4)67)58(72)57(71)52(41-66)94-61/h46-48,50-61,64-66,68-72H,6-45H2,1-5H3,(H,63,67)(H,73,99)(H,74,100)(H,75,101)(H,76,102)/t46-,47?,48?,50?,51?,52?,53?,54-,55+,56-,57-,58+,59+,60+,61+,62?,95?,96?,97?,98?/m0/s1. The van der Waals surface area contributed by atoms with E-state index in [2.05, 4.69) is 5.32 Å². The maximum Gasteiger partial charge on any atom is 0.324 e. The van der Waals surface area contributed by atoms with Gasteiger partial charge in [0.05, 0.1) is 116 Å². The molecule has 0 spiro atoms. The third-order valence-electron chi connectivity index (χ3n) is 17.1. The van der Waals surface area contributed by atoms with E-state index in [9.17, 15) is 65.2 Å². The second-order valence-electron chi connectivity index (χ2n) is 25.9. The van der Waals surface area contributed by atoms with Gasteiger partial charge in [0.2, 0.25) is 5.91 Å². The van der Waals surface area contributed by atoms with Gasteiger partial charge in [-0.1, -0.05) is 72.1 Å². The van der Waals surface area contributed by atoms with Gasteiger partial charge < -0.3 is 149 Å². The lowest BCUT2D eigenvalue weighted by Gasteiger charge is -2.42. The van der Waals surface area contributed by atoms with E-state index in [0.29, 0.717) is 96.9 Å². The molecule has 102 heavy (non-hydrogen) atoms. The van der Waals surface area contributed by atoms with Crippen LogP contribution in [0, 0.1) is 23.2 Å². The van der Waals surface area contributed by atoms with Gasteiger partial charge in [-0.3, -0.25) is 4.79 Å². The maximum atomic E-state index is 11.7. The zero-order valence-electron chi connectivity index (χ0n) is 60.0. The van der Waals surface area contributed by atoms with Gasteiger partial charge in [0, 0.05) is 78.0 Å². The van der Waals surface area contributed by atoms with Crippen LogP contribution in [0.1, 0.15) is 150 Å². The molecule has 3 saturated heterocycles. The van der Waals surface area contributed by atoms with Crippen molar-refractivity contribution >= 4 is 80.0 Å². The van der Waals surface area contributed by atoms with Gasteiger partial charge in [-0.15, -0.1) is 0 Å². The summed E-state index contributed by atoms with van der Waals surface area (Å²) in [6.07, 6.45) is 1.38. The summed E-state index contributed by atoms with van der Waals surface area (Å²) in [5, 5.41) is 83.0. The summed E-state index contributed by atoms with van der Waals surface area (Å²) in [6, 6.07) is -1.04. The number of aliphatic hydroxyl groups is 8. The van der Waals surface area contributed by atoms with E-state index < -0.39 is 131 Å². The zero-order chi connectivity index (χ0) is 75.5. The molecule has 3 rings (SSSR count). The smallest absolute Gasteiger partial charge is 0.324 e. The van der Waals surface area contributed by atoms with Crippen molar-refractivity contribution in [3.63, 3.8) is 0 Å². The largest absolute Gasteiger partial charge is 0.394 e. The minimum absolute atomic E-state index is 0.0193. The normalized spacial score (nSPS) is 28.6. The molecule has 0 bridgehead atoms. The van der Waals surface area contributed by atoms with Crippen molar-refractivity contribution in [3.05, 3.63) is 0 Å². The third kappa shape index (κ3) is 40.9. The Balaban J connectivity index is 1.52. The number of aliphatic hydroxyl groups excluding tert-OH is 8. The van der Waals surface area contributed by atoms with E-state index in [1.807, 2.05) is 13.8 Å². The molecule has 13 N–H and O–H groups in total. The first kappa shape index (κ1) is 97.1. The van der Waals surface area contributed by atoms with E-state index in [-0.39, 0.29) is 118 Å². The van der Waals surface area contributed by atoms with Crippen LogP contribution in [0.3, 0.4) is 0 Å². The lowest BCUT2D eigenvalue weighted by Crippen LogP contribution is -2.64. The molecule has 0 aromatic carbocycles. The molecule has 3 fully saturated rings. The van der Waals surface area contributed by atoms with E-state index in [4.69, 9.17) is 131 Å². The molecule has 1 amide bonds. The SMILES string of the molecule is COP(O)(=S)OCCCCCCOCC(COCCCOP(O)(=S)OCCCCCCO[C@@H]1OC(CO)[C@H](C)[C@H](O)C1C)(COCCCOP(O)(=S)OCCCCCCO[C@@H]1OC(CO)[C@H](O)[C@H](O)C1C)COCCCOP(O)(=S)OCCCCCCO[C@@H]1OC(CO)[C@H](O)[C@H](O)C1NC(C)=O. The molecule has 32 nitrogen and oxygen atoms in total. The highest BCUT2D eigenvalue weighted by molar-refractivity contribution is 8.08. The zero-order valence-corrected chi connectivity index (χ0v) is 66.8. The van der Waals surface area contributed by atoms with Crippen molar-refractivity contribution in [1.82, 2.24) is 5.32 Å². The molecular formula is C62H123NO31P4S4. The summed E-state index contributed by atoms with van der Waals surface area (Å²) in [5.41, 5.74) is -0.895. The van der Waals surface area contributed by atoms with Crippen molar-refractivity contribution < 1.29 is 149 Å². The Kier molecular flexibility index (Phi) is 51.9. The Morgan fingerprint density at radius 2 is 0.657 bits per heavy atom. The molecular weight excluding hydrogens is 1510 g/mol. The van der Waals surface area contributed by atoms with Gasteiger partial charge in [-0.05, 0) is 118 Å². The Morgan fingerprint density at radius 3 is 1.01 bits per heavy atom. The lowest BCUT2D eigenvalue weighted by molar-refractivity contribution is -0.282. The van der Waals surface area contributed by atoms with Crippen LogP contribution < -0.4 is 5.32 Å². The summed E-state index contributed by atoms with van der Waals surface area (Å²) in [4.78, 5) is 54.1. The molecule has 3 aliphatic rings. The second-order valence-corrected chi connectivity index (χ2v) is 37.3. The average molecular weight is 1630 g/mol. The molecule has 0 aromatic rings. The van der Waals surface area contributed by atoms with Crippen LogP contribution in [-0.2, 0) is 136 Å². The molecule has 40 heteroatoms. The van der Waals surface area contributed by atoms with Crippen molar-refractivity contribution in [3.8, 4) is 0 Å². The Labute approximate surface area is 623 Å². The lowest BCUT2D eigenvalue weighted by atomic mass is 9.86. The molecule has 0 radical (unpaired) electrons. The van der Waals surface area contributed by atoms with Crippen LogP contribution in [0.25, 0.3) is 0 Å². The topological polar surface area (TPSA) is 438 Å². The fourth-order valence-electron chi connectivity index (χ4n) is 10.9. The van der Waals surface area contributed by atoms with Crippen LogP contribution in [0.15, 0.2) is 0 Å². The summed E-state index contributed by atoms with van der Waals surface area (Å²) < 4.78 is 103. The number of ether oxygens (including phenoxy) is 10. The van der Waals surface area contributed by atoms with Gasteiger partial charge in [0.1, 0.15) is 36.6 Å². The summed E-state index contributed by atoms with van der Waals surface area (Å²) in [7, 11) is 1.30. The number of carbonyl (C=O) groups is 1. The molecule has 0 saturated carbocycles. The Morgan fingerprint density at radius 1 is 0.373 bits per heavy atom. The molecule has 3 heterocycles. The van der Waals surface area contributed by atoms with Gasteiger partial charge in [-0.25, -0.2) is 0 Å². The average Bonchev–Trinajstić information content (AvgIpc) is 0.828. The number of unbranched alkanes of at least 4 members (excludes halogenated alkanes) is 12. The highest BCUT2D eigenvalue weighted by Gasteiger charge is 2.46. The van der Waals surface area contributed by atoms with Crippen molar-refractivity contribution in [2.24, 2.45) is 23.2 Å². The minimum Gasteiger partial charge on any atom is -0.394 e. The van der Waals surface area contributed by atoms with E-state index in [1.165, 1.54) is 14.0 Å². The van der Waals surface area contributed by atoms with E-state index in [1.54, 1.807) is 6.92 Å². The monoisotopic (exact) mass is 1630 g/mol. The molecule has 11 unspecified atom stereocenters. The summed E-state index contributed by atoms with van der Waals surface area (Å²) >= 11 is 20.8. The van der Waals surface area contributed by atoms with Crippen LogP contribution in [0.5, 0.6) is 0 Å². The summed E-state index contributed by atoms with van der Waals surface area (Å²) in [5.74, 6) is -1.38. The predicted octanol–water partition coefficient (Wildman–Crippen LogP) is 4.50. The molecule has 0 aliphatic carbocycles. The molecule has 606 valence electrons. The fourth-order valence-corrected chi connectivity index (χ4v) is 15.4. The van der Waals surface area contributed by atoms with Crippen molar-refractivity contribution in [1.29, 1.82) is 0 Å². The van der Waals surface area contributed by atoms with Crippen LogP contribution in [0.4, 0.5) is 0 Å². The van der Waals surface area contributed by atoms with Gasteiger partial charge in [0.15, 0.2) is 18.9 Å². The summed E-state index contributed by atoms with van der Waals surface area (Å²) in [6.45, 7) is -5.43. The fraction of sp³-hybridized carbons (Fsp3) is 0.984. The van der Waals surface area contributed by atoms with Gasteiger partial charge in [-0.2, -0.15) is 0 Å². The first-order valence-corrected chi connectivity index (χ1v) is 45.9. The van der Waals surface area contributed by atoms with Gasteiger partial charge in [0.25, 0.3) is 0 Å². The molecule has 20 atom stereocenters.